The summed E-state index contributed by atoms with van der Waals surface area (Å²) in [5, 5.41) is 3.05. The van der Waals surface area contributed by atoms with Crippen LogP contribution in [-0.2, 0) is 4.79 Å². The highest BCUT2D eigenvalue weighted by Crippen LogP contribution is 2.41. The molecule has 1 aromatic rings. The van der Waals surface area contributed by atoms with E-state index in [1.807, 2.05) is 12.1 Å². The molecule has 116 valence electrons. The van der Waals surface area contributed by atoms with Crippen LogP contribution in [0, 0.1) is 11.3 Å². The van der Waals surface area contributed by atoms with E-state index in [1.54, 1.807) is 0 Å². The van der Waals surface area contributed by atoms with Gasteiger partial charge in [0, 0.05) is 20.0 Å². The van der Waals surface area contributed by atoms with Gasteiger partial charge in [-0.05, 0) is 75.6 Å². The molecule has 1 saturated carbocycles. The Hall–Kier alpha value is 0.0900. The van der Waals surface area contributed by atoms with Gasteiger partial charge in [0.1, 0.15) is 0 Å². The number of carbonyl (C=O) groups is 1. The van der Waals surface area contributed by atoms with Crippen molar-refractivity contribution in [1.82, 2.24) is 0 Å². The minimum atomic E-state index is -0.432. The van der Waals surface area contributed by atoms with Crippen molar-refractivity contribution in [3.63, 3.8) is 0 Å². The Balaban J connectivity index is 2.21. The number of carbonyl (C=O) groups excluding carboxylic acids is 1. The molecule has 3 nitrogen and oxygen atoms in total. The van der Waals surface area contributed by atoms with Crippen LogP contribution in [0.3, 0.4) is 0 Å². The van der Waals surface area contributed by atoms with Gasteiger partial charge in [0.2, 0.25) is 5.91 Å². The van der Waals surface area contributed by atoms with Crippen LogP contribution in [0.25, 0.3) is 0 Å². The standard InChI is InChI=1S/C15H19Br3N2O/c1-9-2-4-15(8-19,5-3-9)14(21)20-13-11(17)6-10(16)7-12(13)18/h6-7,9H,2-5,8,19H2,1H3,(H,20,21). The smallest absolute Gasteiger partial charge is 0.231 e. The van der Waals surface area contributed by atoms with Crippen LogP contribution >= 0.6 is 47.8 Å². The number of rotatable bonds is 3. The van der Waals surface area contributed by atoms with E-state index in [0.29, 0.717) is 12.5 Å². The minimum absolute atomic E-state index is 0.0284. The zero-order chi connectivity index (χ0) is 15.6. The molecular formula is C15H19Br3N2O. The Morgan fingerprint density at radius 2 is 1.81 bits per heavy atom. The number of anilines is 1. The molecule has 0 aliphatic heterocycles. The van der Waals surface area contributed by atoms with Gasteiger partial charge in [0.05, 0.1) is 11.1 Å². The number of benzene rings is 1. The predicted molar refractivity (Wildman–Crippen MR) is 97.3 cm³/mol. The predicted octanol–water partition coefficient (Wildman–Crippen LogP) is 5.07. The van der Waals surface area contributed by atoms with E-state index in [4.69, 9.17) is 5.73 Å². The maximum Gasteiger partial charge on any atom is 0.231 e. The summed E-state index contributed by atoms with van der Waals surface area (Å²) in [6, 6.07) is 3.83. The molecule has 3 N–H and O–H groups in total. The summed E-state index contributed by atoms with van der Waals surface area (Å²) in [5.41, 5.74) is 6.27. The first-order valence-electron chi connectivity index (χ1n) is 7.04. The summed E-state index contributed by atoms with van der Waals surface area (Å²) in [4.78, 5) is 12.8. The number of hydrogen-bond acceptors (Lipinski definition) is 2. The molecule has 0 heterocycles. The minimum Gasteiger partial charge on any atom is -0.329 e. The van der Waals surface area contributed by atoms with Gasteiger partial charge in [-0.15, -0.1) is 0 Å². The maximum absolute atomic E-state index is 12.8. The third-order valence-electron chi connectivity index (χ3n) is 4.35. The van der Waals surface area contributed by atoms with Gasteiger partial charge in [-0.1, -0.05) is 22.9 Å². The van der Waals surface area contributed by atoms with Gasteiger partial charge in [-0.3, -0.25) is 4.79 Å². The van der Waals surface area contributed by atoms with E-state index in [-0.39, 0.29) is 5.91 Å². The molecule has 0 aromatic heterocycles. The molecule has 1 aliphatic carbocycles. The van der Waals surface area contributed by atoms with Crippen molar-refractivity contribution in [2.75, 3.05) is 11.9 Å². The average Bonchev–Trinajstić information content (AvgIpc) is 2.43. The van der Waals surface area contributed by atoms with Crippen LogP contribution in [0.15, 0.2) is 25.6 Å². The third-order valence-corrected chi connectivity index (χ3v) is 6.06. The summed E-state index contributed by atoms with van der Waals surface area (Å²) < 4.78 is 2.63. The van der Waals surface area contributed by atoms with Gasteiger partial charge < -0.3 is 11.1 Å². The first-order chi connectivity index (χ1) is 9.88. The maximum atomic E-state index is 12.8. The van der Waals surface area contributed by atoms with E-state index >= 15 is 0 Å². The Kier molecular flexibility index (Phi) is 5.91. The van der Waals surface area contributed by atoms with Crippen molar-refractivity contribution in [2.45, 2.75) is 32.6 Å². The van der Waals surface area contributed by atoms with Crippen molar-refractivity contribution in [3.05, 3.63) is 25.6 Å². The molecule has 0 spiro atoms. The van der Waals surface area contributed by atoms with Gasteiger partial charge >= 0.3 is 0 Å². The second kappa shape index (κ2) is 7.11. The lowest BCUT2D eigenvalue weighted by atomic mass is 9.70. The van der Waals surface area contributed by atoms with Gasteiger partial charge in [0.15, 0.2) is 0 Å². The highest BCUT2D eigenvalue weighted by atomic mass is 79.9. The van der Waals surface area contributed by atoms with Gasteiger partial charge in [-0.2, -0.15) is 0 Å². The lowest BCUT2D eigenvalue weighted by Gasteiger charge is -2.37. The number of amides is 1. The number of hydrogen-bond donors (Lipinski definition) is 2. The fourth-order valence-electron chi connectivity index (χ4n) is 2.75. The van der Waals surface area contributed by atoms with Crippen LogP contribution < -0.4 is 11.1 Å². The Morgan fingerprint density at radius 3 is 2.29 bits per heavy atom. The summed E-state index contributed by atoms with van der Waals surface area (Å²) in [6.45, 7) is 2.64. The number of nitrogens with two attached hydrogens (primary N) is 1. The first kappa shape index (κ1) is 17.4. The molecule has 1 amide bonds. The van der Waals surface area contributed by atoms with E-state index in [2.05, 4.69) is 60.0 Å². The largest absolute Gasteiger partial charge is 0.329 e. The van der Waals surface area contributed by atoms with Crippen molar-refractivity contribution in [1.29, 1.82) is 0 Å². The second-order valence-electron chi connectivity index (χ2n) is 5.87. The van der Waals surface area contributed by atoms with E-state index in [0.717, 1.165) is 44.8 Å². The van der Waals surface area contributed by atoms with Gasteiger partial charge in [-0.25, -0.2) is 0 Å². The molecule has 1 aromatic carbocycles. The molecule has 0 unspecified atom stereocenters. The average molecular weight is 483 g/mol. The lowest BCUT2D eigenvalue weighted by molar-refractivity contribution is -0.127. The zero-order valence-electron chi connectivity index (χ0n) is 11.9. The summed E-state index contributed by atoms with van der Waals surface area (Å²) >= 11 is 10.4. The van der Waals surface area contributed by atoms with Crippen molar-refractivity contribution in [2.24, 2.45) is 17.1 Å². The van der Waals surface area contributed by atoms with Crippen LogP contribution in [0.2, 0.25) is 0 Å². The molecule has 1 fully saturated rings. The molecule has 0 radical (unpaired) electrons. The Labute approximate surface area is 150 Å². The highest BCUT2D eigenvalue weighted by Gasteiger charge is 2.40. The van der Waals surface area contributed by atoms with Crippen LogP contribution in [0.5, 0.6) is 0 Å². The van der Waals surface area contributed by atoms with E-state index < -0.39 is 5.41 Å². The lowest BCUT2D eigenvalue weighted by Crippen LogP contribution is -2.44. The number of halogens is 3. The normalized spacial score (nSPS) is 25.7. The molecule has 21 heavy (non-hydrogen) atoms. The molecule has 6 heteroatoms. The van der Waals surface area contributed by atoms with Crippen molar-refractivity contribution in [3.8, 4) is 0 Å². The van der Waals surface area contributed by atoms with E-state index in [9.17, 15) is 4.79 Å². The van der Waals surface area contributed by atoms with Crippen LogP contribution in [-0.4, -0.2) is 12.5 Å². The number of nitrogens with one attached hydrogen (secondary N) is 1. The Bertz CT molecular complexity index is 517. The quantitative estimate of drug-likeness (QED) is 0.632. The fourth-order valence-corrected chi connectivity index (χ4v) is 5.20. The molecule has 0 saturated heterocycles. The molecule has 2 rings (SSSR count). The fraction of sp³-hybridized carbons (Fsp3) is 0.533. The topological polar surface area (TPSA) is 55.1 Å². The third kappa shape index (κ3) is 3.89. The van der Waals surface area contributed by atoms with Gasteiger partial charge in [0.25, 0.3) is 0 Å². The van der Waals surface area contributed by atoms with Crippen LogP contribution in [0.1, 0.15) is 32.6 Å². The summed E-state index contributed by atoms with van der Waals surface area (Å²) in [5.74, 6) is 0.712. The Morgan fingerprint density at radius 1 is 1.29 bits per heavy atom. The van der Waals surface area contributed by atoms with Crippen LogP contribution in [0.4, 0.5) is 5.69 Å². The molecule has 0 bridgehead atoms. The zero-order valence-corrected chi connectivity index (χ0v) is 16.6. The van der Waals surface area contributed by atoms with Crippen molar-refractivity contribution >= 4 is 59.4 Å². The molecular weight excluding hydrogens is 464 g/mol. The monoisotopic (exact) mass is 480 g/mol. The highest BCUT2D eigenvalue weighted by molar-refractivity contribution is 9.11. The SMILES string of the molecule is CC1CCC(CN)(C(=O)Nc2c(Br)cc(Br)cc2Br)CC1. The summed E-state index contributed by atoms with van der Waals surface area (Å²) in [6.07, 6.45) is 3.85. The second-order valence-corrected chi connectivity index (χ2v) is 8.49. The van der Waals surface area contributed by atoms with E-state index in [1.165, 1.54) is 0 Å². The summed E-state index contributed by atoms with van der Waals surface area (Å²) in [7, 11) is 0. The first-order valence-corrected chi connectivity index (χ1v) is 9.42. The van der Waals surface area contributed by atoms with Crippen molar-refractivity contribution < 1.29 is 4.79 Å². The molecule has 0 atom stereocenters. The molecule has 1 aliphatic rings.